The molecular weight excluding hydrogens is 394 g/mol. The third-order valence-electron chi connectivity index (χ3n) is 2.36. The van der Waals surface area contributed by atoms with E-state index in [1.54, 1.807) is 13.2 Å². The van der Waals surface area contributed by atoms with Crippen LogP contribution in [0.3, 0.4) is 0 Å². The van der Waals surface area contributed by atoms with Gasteiger partial charge in [-0.2, -0.15) is 0 Å². The molecule has 0 saturated heterocycles. The van der Waals surface area contributed by atoms with Gasteiger partial charge in [0.05, 0.1) is 29.7 Å². The zero-order valence-corrected chi connectivity index (χ0v) is 13.4. The van der Waals surface area contributed by atoms with E-state index in [1.165, 1.54) is 12.4 Å². The molecule has 20 heavy (non-hydrogen) atoms. The van der Waals surface area contributed by atoms with Gasteiger partial charge < -0.3 is 15.2 Å². The van der Waals surface area contributed by atoms with E-state index in [9.17, 15) is 4.79 Å². The van der Waals surface area contributed by atoms with Crippen LogP contribution in [0.5, 0.6) is 5.75 Å². The number of aromatic carboxylic acids is 1. The van der Waals surface area contributed by atoms with Gasteiger partial charge in [0.25, 0.3) is 0 Å². The van der Waals surface area contributed by atoms with Gasteiger partial charge in [-0.3, -0.25) is 4.98 Å². The molecule has 6 nitrogen and oxygen atoms in total. The van der Waals surface area contributed by atoms with Gasteiger partial charge in [0.2, 0.25) is 0 Å². The summed E-state index contributed by atoms with van der Waals surface area (Å²) in [6.07, 6.45) is 2.62. The SMILES string of the molecule is COc1cc(Nc2cncc(C(=O)O)n2)c(Br)cc1Br. The number of anilines is 2. The van der Waals surface area contributed by atoms with Gasteiger partial charge in [-0.05, 0) is 37.9 Å². The van der Waals surface area contributed by atoms with Crippen molar-refractivity contribution in [3.63, 3.8) is 0 Å². The van der Waals surface area contributed by atoms with E-state index in [4.69, 9.17) is 9.84 Å². The van der Waals surface area contributed by atoms with Gasteiger partial charge in [0, 0.05) is 10.5 Å². The van der Waals surface area contributed by atoms with Crippen LogP contribution in [-0.4, -0.2) is 28.2 Å². The summed E-state index contributed by atoms with van der Waals surface area (Å²) in [6.45, 7) is 0. The summed E-state index contributed by atoms with van der Waals surface area (Å²) in [4.78, 5) is 18.6. The zero-order valence-electron chi connectivity index (χ0n) is 10.2. The molecule has 0 amide bonds. The topological polar surface area (TPSA) is 84.3 Å². The number of nitrogens with one attached hydrogen (secondary N) is 1. The number of hydrogen-bond donors (Lipinski definition) is 2. The average Bonchev–Trinajstić information content (AvgIpc) is 2.42. The summed E-state index contributed by atoms with van der Waals surface area (Å²) in [5.41, 5.74) is 0.553. The molecule has 2 aromatic rings. The van der Waals surface area contributed by atoms with Crippen molar-refractivity contribution >= 4 is 49.3 Å². The van der Waals surface area contributed by atoms with Crippen LogP contribution in [-0.2, 0) is 0 Å². The summed E-state index contributed by atoms with van der Waals surface area (Å²) in [7, 11) is 1.56. The number of benzene rings is 1. The number of carboxylic acids is 1. The van der Waals surface area contributed by atoms with Crippen molar-refractivity contribution in [3.05, 3.63) is 39.2 Å². The normalized spacial score (nSPS) is 10.2. The maximum atomic E-state index is 10.9. The van der Waals surface area contributed by atoms with Crippen LogP contribution in [0.25, 0.3) is 0 Å². The molecule has 0 atom stereocenters. The fourth-order valence-electron chi connectivity index (χ4n) is 1.45. The van der Waals surface area contributed by atoms with Crippen LogP contribution in [0.1, 0.15) is 10.5 Å². The lowest BCUT2D eigenvalue weighted by Crippen LogP contribution is -2.04. The molecule has 0 radical (unpaired) electrons. The second-order valence-corrected chi connectivity index (χ2v) is 5.39. The Morgan fingerprint density at radius 3 is 2.70 bits per heavy atom. The van der Waals surface area contributed by atoms with Crippen LogP contribution in [0.15, 0.2) is 33.5 Å². The summed E-state index contributed by atoms with van der Waals surface area (Å²) in [6, 6.07) is 3.57. The molecule has 0 aliphatic rings. The number of aromatic nitrogens is 2. The predicted octanol–water partition coefficient (Wildman–Crippen LogP) is 3.45. The van der Waals surface area contributed by atoms with Gasteiger partial charge in [-0.25, -0.2) is 9.78 Å². The maximum Gasteiger partial charge on any atom is 0.356 e. The van der Waals surface area contributed by atoms with Gasteiger partial charge in [-0.15, -0.1) is 0 Å². The van der Waals surface area contributed by atoms with Gasteiger partial charge in [-0.1, -0.05) is 0 Å². The van der Waals surface area contributed by atoms with Crippen LogP contribution in [0.4, 0.5) is 11.5 Å². The molecule has 1 heterocycles. The monoisotopic (exact) mass is 401 g/mol. The smallest absolute Gasteiger partial charge is 0.356 e. The molecule has 104 valence electrons. The molecule has 2 rings (SSSR count). The van der Waals surface area contributed by atoms with E-state index >= 15 is 0 Å². The Labute approximate surface area is 131 Å². The zero-order chi connectivity index (χ0) is 14.7. The predicted molar refractivity (Wildman–Crippen MR) is 80.7 cm³/mol. The maximum absolute atomic E-state index is 10.9. The molecule has 2 N–H and O–H groups in total. The van der Waals surface area contributed by atoms with Gasteiger partial charge >= 0.3 is 5.97 Å². The molecular formula is C12H9Br2N3O3. The summed E-state index contributed by atoms with van der Waals surface area (Å²) in [5, 5.41) is 11.9. The Bertz CT molecular complexity index is 664. The molecule has 0 fully saturated rings. The Kier molecular flexibility index (Phi) is 4.56. The fourth-order valence-corrected chi connectivity index (χ4v) is 2.70. The number of carboxylic acid groups (broad SMARTS) is 1. The van der Waals surface area contributed by atoms with Crippen LogP contribution < -0.4 is 10.1 Å². The minimum absolute atomic E-state index is 0.129. The van der Waals surface area contributed by atoms with Crippen molar-refractivity contribution < 1.29 is 14.6 Å². The minimum Gasteiger partial charge on any atom is -0.495 e. The quantitative estimate of drug-likeness (QED) is 0.814. The number of nitrogens with zero attached hydrogens (tertiary/aromatic N) is 2. The van der Waals surface area contributed by atoms with Gasteiger partial charge in [0.1, 0.15) is 11.6 Å². The van der Waals surface area contributed by atoms with Gasteiger partial charge in [0.15, 0.2) is 5.69 Å². The first-order valence-corrected chi connectivity index (χ1v) is 6.95. The summed E-state index contributed by atoms with van der Waals surface area (Å²) in [5.74, 6) is -0.165. The molecule has 0 spiro atoms. The van der Waals surface area contributed by atoms with Crippen LogP contribution in [0, 0.1) is 0 Å². The Morgan fingerprint density at radius 1 is 1.30 bits per heavy atom. The molecule has 0 aliphatic heterocycles. The van der Waals surface area contributed by atoms with Crippen molar-refractivity contribution in [2.45, 2.75) is 0 Å². The lowest BCUT2D eigenvalue weighted by Gasteiger charge is -2.11. The Morgan fingerprint density at radius 2 is 2.05 bits per heavy atom. The number of halogens is 2. The largest absolute Gasteiger partial charge is 0.495 e. The molecule has 0 aliphatic carbocycles. The highest BCUT2D eigenvalue weighted by molar-refractivity contribution is 9.11. The van der Waals surface area contributed by atoms with Crippen molar-refractivity contribution in [2.24, 2.45) is 0 Å². The van der Waals surface area contributed by atoms with E-state index in [0.29, 0.717) is 17.3 Å². The van der Waals surface area contributed by atoms with Crippen molar-refractivity contribution in [3.8, 4) is 5.75 Å². The summed E-state index contributed by atoms with van der Waals surface area (Å²) >= 11 is 6.77. The van der Waals surface area contributed by atoms with Crippen molar-refractivity contribution in [2.75, 3.05) is 12.4 Å². The second-order valence-electron chi connectivity index (χ2n) is 3.69. The van der Waals surface area contributed by atoms with E-state index in [1.807, 2.05) is 6.07 Å². The number of hydrogen-bond acceptors (Lipinski definition) is 5. The first-order valence-electron chi connectivity index (χ1n) is 5.36. The van der Waals surface area contributed by atoms with Crippen LogP contribution >= 0.6 is 31.9 Å². The highest BCUT2D eigenvalue weighted by Gasteiger charge is 2.10. The number of methoxy groups -OCH3 is 1. The highest BCUT2D eigenvalue weighted by atomic mass is 79.9. The van der Waals surface area contributed by atoms with E-state index < -0.39 is 5.97 Å². The Balaban J connectivity index is 2.34. The first kappa shape index (κ1) is 14.7. The second kappa shape index (κ2) is 6.19. The molecule has 1 aromatic carbocycles. The first-order chi connectivity index (χ1) is 9.51. The summed E-state index contributed by atoms with van der Waals surface area (Å²) < 4.78 is 6.77. The van der Waals surface area contributed by atoms with E-state index in [0.717, 1.165) is 8.95 Å². The molecule has 0 saturated carbocycles. The highest BCUT2D eigenvalue weighted by Crippen LogP contribution is 2.35. The number of rotatable bonds is 4. The van der Waals surface area contributed by atoms with Crippen LogP contribution in [0.2, 0.25) is 0 Å². The third-order valence-corrected chi connectivity index (χ3v) is 3.63. The fraction of sp³-hybridized carbons (Fsp3) is 0.0833. The molecule has 0 unspecified atom stereocenters. The standard InChI is InChI=1S/C12H9Br2N3O3/c1-20-10-3-8(6(13)2-7(10)14)16-11-5-15-4-9(17-11)12(18)19/h2-5H,1H3,(H,16,17)(H,18,19). The van der Waals surface area contributed by atoms with Crippen molar-refractivity contribution in [1.82, 2.24) is 9.97 Å². The average molecular weight is 403 g/mol. The Hall–Kier alpha value is -1.67. The number of carbonyl (C=O) groups is 1. The van der Waals surface area contributed by atoms with E-state index in [2.05, 4.69) is 47.1 Å². The minimum atomic E-state index is -1.13. The molecule has 8 heteroatoms. The third kappa shape index (κ3) is 3.26. The molecule has 0 bridgehead atoms. The number of ether oxygens (including phenoxy) is 1. The van der Waals surface area contributed by atoms with E-state index in [-0.39, 0.29) is 5.69 Å². The molecule has 1 aromatic heterocycles. The lowest BCUT2D eigenvalue weighted by atomic mass is 10.3. The van der Waals surface area contributed by atoms with Crippen molar-refractivity contribution in [1.29, 1.82) is 0 Å². The lowest BCUT2D eigenvalue weighted by molar-refractivity contribution is 0.0690.